The average molecular weight is 635 g/mol. The molecule has 3 aromatic carbocycles. The second kappa shape index (κ2) is 14.3. The number of hydrogen-bond donors (Lipinski definition) is 1. The maximum absolute atomic E-state index is 12.0. The third-order valence-electron chi connectivity index (χ3n) is 9.27. The number of carboxylic acids is 1. The van der Waals surface area contributed by atoms with E-state index in [1.54, 1.807) is 0 Å². The van der Waals surface area contributed by atoms with Crippen molar-refractivity contribution in [2.24, 2.45) is 5.92 Å². The van der Waals surface area contributed by atoms with Gasteiger partial charge in [-0.05, 0) is 93.2 Å². The average Bonchev–Trinajstić information content (AvgIpc) is 3.04. The van der Waals surface area contributed by atoms with E-state index in [1.807, 2.05) is 35.2 Å². The van der Waals surface area contributed by atoms with Gasteiger partial charge in [0, 0.05) is 30.6 Å². The Morgan fingerprint density at radius 1 is 0.956 bits per heavy atom. The number of benzene rings is 3. The number of carboxylic acid groups (broad SMARTS) is 1. The molecule has 2 saturated heterocycles. The molecule has 0 radical (unpaired) electrons. The number of ether oxygens (including phenoxy) is 4. The van der Waals surface area contributed by atoms with Gasteiger partial charge in [-0.2, -0.15) is 0 Å². The van der Waals surface area contributed by atoms with E-state index in [9.17, 15) is 9.90 Å². The SMILES string of the molecule is Cc1c(COc2cc(OCC3CCCN(C)C3)c(CN3CCCC[C@H]3C(=O)O)cc2Cl)cccc1-c1ccc2c(c1)OCCO2. The highest BCUT2D eigenvalue weighted by Gasteiger charge is 2.29. The molecule has 3 aliphatic rings. The molecule has 45 heavy (non-hydrogen) atoms. The maximum Gasteiger partial charge on any atom is 0.320 e. The summed E-state index contributed by atoms with van der Waals surface area (Å²) in [4.78, 5) is 16.4. The van der Waals surface area contributed by atoms with Gasteiger partial charge in [-0.25, -0.2) is 0 Å². The lowest BCUT2D eigenvalue weighted by Crippen LogP contribution is -2.44. The van der Waals surface area contributed by atoms with Crippen molar-refractivity contribution in [1.82, 2.24) is 9.80 Å². The summed E-state index contributed by atoms with van der Waals surface area (Å²) in [5, 5.41) is 10.3. The molecule has 0 spiro atoms. The van der Waals surface area contributed by atoms with Crippen LogP contribution in [0.2, 0.25) is 5.02 Å². The molecule has 3 heterocycles. The smallest absolute Gasteiger partial charge is 0.320 e. The van der Waals surface area contributed by atoms with Crippen LogP contribution in [0, 0.1) is 12.8 Å². The first-order chi connectivity index (χ1) is 21.9. The lowest BCUT2D eigenvalue weighted by atomic mass is 9.96. The Morgan fingerprint density at radius 3 is 2.62 bits per heavy atom. The zero-order valence-corrected chi connectivity index (χ0v) is 27.0. The number of rotatable bonds is 10. The van der Waals surface area contributed by atoms with Gasteiger partial charge in [-0.3, -0.25) is 9.69 Å². The first kappa shape index (κ1) is 31.5. The number of hydrogen-bond acceptors (Lipinski definition) is 7. The van der Waals surface area contributed by atoms with Gasteiger partial charge in [0.1, 0.15) is 37.4 Å². The number of nitrogens with zero attached hydrogens (tertiary/aromatic N) is 2. The highest BCUT2D eigenvalue weighted by atomic mass is 35.5. The predicted octanol–water partition coefficient (Wildman–Crippen LogP) is 6.83. The number of halogens is 1. The quantitative estimate of drug-likeness (QED) is 0.260. The van der Waals surface area contributed by atoms with Gasteiger partial charge in [0.2, 0.25) is 0 Å². The van der Waals surface area contributed by atoms with Crippen molar-refractivity contribution in [2.75, 3.05) is 46.5 Å². The fourth-order valence-electron chi connectivity index (χ4n) is 6.76. The van der Waals surface area contributed by atoms with E-state index in [1.165, 1.54) is 0 Å². The zero-order valence-electron chi connectivity index (χ0n) is 26.2. The van der Waals surface area contributed by atoms with Crippen molar-refractivity contribution in [3.8, 4) is 34.1 Å². The molecule has 0 saturated carbocycles. The molecule has 3 aromatic rings. The van der Waals surface area contributed by atoms with E-state index in [4.69, 9.17) is 30.5 Å². The Hall–Kier alpha value is -3.46. The third-order valence-corrected chi connectivity index (χ3v) is 9.56. The zero-order chi connectivity index (χ0) is 31.3. The summed E-state index contributed by atoms with van der Waals surface area (Å²) in [5.74, 6) is 2.45. The molecule has 0 aliphatic carbocycles. The van der Waals surface area contributed by atoms with Crippen LogP contribution in [0.4, 0.5) is 0 Å². The molecule has 9 heteroatoms. The molecule has 240 valence electrons. The van der Waals surface area contributed by atoms with Crippen molar-refractivity contribution in [2.45, 2.75) is 58.2 Å². The van der Waals surface area contributed by atoms with Crippen LogP contribution in [0.5, 0.6) is 23.0 Å². The van der Waals surface area contributed by atoms with Crippen LogP contribution < -0.4 is 18.9 Å². The second-order valence-corrected chi connectivity index (χ2v) is 12.9. The van der Waals surface area contributed by atoms with Gasteiger partial charge in [-0.1, -0.05) is 42.3 Å². The molecule has 0 amide bonds. The minimum Gasteiger partial charge on any atom is -0.493 e. The Morgan fingerprint density at radius 2 is 1.80 bits per heavy atom. The van der Waals surface area contributed by atoms with Crippen LogP contribution in [-0.4, -0.2) is 73.4 Å². The van der Waals surface area contributed by atoms with Crippen LogP contribution in [0.1, 0.15) is 48.8 Å². The molecule has 0 bridgehead atoms. The van der Waals surface area contributed by atoms with Crippen molar-refractivity contribution in [3.05, 3.63) is 70.2 Å². The number of fused-ring (bicyclic) bond motifs is 1. The number of carbonyl (C=O) groups is 1. The Balaban J connectivity index is 1.22. The van der Waals surface area contributed by atoms with E-state index in [0.717, 1.165) is 84.6 Å². The van der Waals surface area contributed by atoms with Gasteiger partial charge < -0.3 is 29.0 Å². The normalized spacial score (nSPS) is 20.5. The van der Waals surface area contributed by atoms with E-state index in [-0.39, 0.29) is 0 Å². The minimum absolute atomic E-state index is 0.337. The summed E-state index contributed by atoms with van der Waals surface area (Å²) < 4.78 is 24.4. The molecular weight excluding hydrogens is 592 g/mol. The Kier molecular flexibility index (Phi) is 10.0. The molecule has 2 atom stereocenters. The fraction of sp³-hybridized carbons (Fsp3) is 0.472. The molecule has 1 N–H and O–H groups in total. The lowest BCUT2D eigenvalue weighted by Gasteiger charge is -2.33. The molecule has 3 aliphatic heterocycles. The number of aliphatic carboxylic acids is 1. The fourth-order valence-corrected chi connectivity index (χ4v) is 7.00. The Labute approximate surface area is 270 Å². The van der Waals surface area contributed by atoms with Gasteiger partial charge in [0.15, 0.2) is 11.5 Å². The van der Waals surface area contributed by atoms with Crippen LogP contribution >= 0.6 is 11.6 Å². The summed E-state index contributed by atoms with van der Waals surface area (Å²) in [6, 6.07) is 15.5. The summed E-state index contributed by atoms with van der Waals surface area (Å²) in [5.41, 5.74) is 5.21. The maximum atomic E-state index is 12.0. The standard InChI is InChI=1S/C36H43ClN2O6/c1-24-27(8-5-9-29(24)26-11-12-32-35(18-26)43-16-15-42-32)23-45-34-19-33(44-22-25-7-6-13-38(2)20-25)28(17-30(34)37)21-39-14-4-3-10-31(39)36(40)41/h5,8-9,11-12,17-19,25,31H,3-4,6-7,10,13-16,20-23H2,1-2H3,(H,40,41)/t25?,31-/m0/s1. The van der Waals surface area contributed by atoms with Crippen molar-refractivity contribution >= 4 is 17.6 Å². The van der Waals surface area contributed by atoms with Gasteiger partial charge in [-0.15, -0.1) is 0 Å². The molecule has 8 nitrogen and oxygen atoms in total. The number of likely N-dealkylation sites (tertiary alicyclic amines) is 2. The predicted molar refractivity (Wildman–Crippen MR) is 175 cm³/mol. The van der Waals surface area contributed by atoms with Crippen molar-refractivity contribution in [1.29, 1.82) is 0 Å². The number of piperidine rings is 2. The monoisotopic (exact) mass is 634 g/mol. The summed E-state index contributed by atoms with van der Waals surface area (Å²) >= 11 is 6.84. The van der Waals surface area contributed by atoms with E-state index in [0.29, 0.717) is 61.8 Å². The first-order valence-electron chi connectivity index (χ1n) is 16.1. The van der Waals surface area contributed by atoms with Crippen LogP contribution in [0.15, 0.2) is 48.5 Å². The van der Waals surface area contributed by atoms with Crippen LogP contribution in [0.25, 0.3) is 11.1 Å². The second-order valence-electron chi connectivity index (χ2n) is 12.5. The highest BCUT2D eigenvalue weighted by Crippen LogP contribution is 2.38. The summed E-state index contributed by atoms with van der Waals surface area (Å²) in [6.45, 7) is 7.45. The minimum atomic E-state index is -0.776. The first-order valence-corrected chi connectivity index (χ1v) is 16.5. The topological polar surface area (TPSA) is 80.7 Å². The molecule has 6 rings (SSSR count). The largest absolute Gasteiger partial charge is 0.493 e. The van der Waals surface area contributed by atoms with E-state index >= 15 is 0 Å². The molecule has 0 aromatic heterocycles. The summed E-state index contributed by atoms with van der Waals surface area (Å²) in [6.07, 6.45) is 4.84. The lowest BCUT2D eigenvalue weighted by molar-refractivity contribution is -0.144. The van der Waals surface area contributed by atoms with Crippen LogP contribution in [0.3, 0.4) is 0 Å². The molecular formula is C36H43ClN2O6. The molecule has 2 fully saturated rings. The Bertz CT molecular complexity index is 1510. The van der Waals surface area contributed by atoms with Crippen molar-refractivity contribution in [3.63, 3.8) is 0 Å². The summed E-state index contributed by atoms with van der Waals surface area (Å²) in [7, 11) is 2.15. The third kappa shape index (κ3) is 7.51. The van der Waals surface area contributed by atoms with Crippen LogP contribution in [-0.2, 0) is 17.9 Å². The van der Waals surface area contributed by atoms with E-state index < -0.39 is 12.0 Å². The van der Waals surface area contributed by atoms with E-state index in [2.05, 4.69) is 37.1 Å². The van der Waals surface area contributed by atoms with Crippen molar-refractivity contribution < 1.29 is 28.8 Å². The molecule has 1 unspecified atom stereocenters. The van der Waals surface area contributed by atoms with Gasteiger partial charge >= 0.3 is 5.97 Å². The van der Waals surface area contributed by atoms with Gasteiger partial charge in [0.25, 0.3) is 0 Å². The highest BCUT2D eigenvalue weighted by molar-refractivity contribution is 6.32. The van der Waals surface area contributed by atoms with Gasteiger partial charge in [0.05, 0.1) is 11.6 Å².